The molecule has 0 radical (unpaired) electrons. The molecule has 0 aliphatic carbocycles. The molecular weight excluding hydrogens is 301 g/mol. The molecule has 0 fully saturated rings. The first-order valence-corrected chi connectivity index (χ1v) is 7.32. The van der Waals surface area contributed by atoms with Crippen molar-refractivity contribution in [1.82, 2.24) is 0 Å². The lowest BCUT2D eigenvalue weighted by atomic mass is 9.96. The van der Waals surface area contributed by atoms with Crippen LogP contribution in [0.25, 0.3) is 0 Å². The molecule has 0 bridgehead atoms. The first-order chi connectivity index (χ1) is 10.6. The van der Waals surface area contributed by atoms with E-state index in [0.29, 0.717) is 18.1 Å². The van der Waals surface area contributed by atoms with E-state index in [1.807, 2.05) is 19.9 Å². The van der Waals surface area contributed by atoms with Gasteiger partial charge in [-0.15, -0.1) is 0 Å². The summed E-state index contributed by atoms with van der Waals surface area (Å²) >= 11 is 5.84. The van der Waals surface area contributed by atoms with E-state index in [4.69, 9.17) is 11.6 Å². The van der Waals surface area contributed by atoms with Crippen LogP contribution in [0.5, 0.6) is 0 Å². The van der Waals surface area contributed by atoms with Gasteiger partial charge in [0.2, 0.25) is 0 Å². The van der Waals surface area contributed by atoms with Gasteiger partial charge in [-0.3, -0.25) is 4.99 Å². The molecule has 112 valence electrons. The summed E-state index contributed by atoms with van der Waals surface area (Å²) < 4.78 is 14.1. The van der Waals surface area contributed by atoms with Crippen molar-refractivity contribution in [2.45, 2.75) is 20.4 Å². The maximum Gasteiger partial charge on any atom is 0.165 e. The smallest absolute Gasteiger partial charge is 0.165 e. The maximum absolute atomic E-state index is 14.1. The quantitative estimate of drug-likeness (QED) is 0.826. The molecular formula is C17H15ClFN3. The third kappa shape index (κ3) is 2.62. The highest BCUT2D eigenvalue weighted by Crippen LogP contribution is 2.26. The van der Waals surface area contributed by atoms with Crippen molar-refractivity contribution in [2.24, 2.45) is 9.98 Å². The second-order valence-electron chi connectivity index (χ2n) is 5.20. The second kappa shape index (κ2) is 5.89. The van der Waals surface area contributed by atoms with Crippen molar-refractivity contribution >= 4 is 29.5 Å². The predicted molar refractivity (Wildman–Crippen MR) is 89.7 cm³/mol. The minimum absolute atomic E-state index is 0.0778. The van der Waals surface area contributed by atoms with Gasteiger partial charge in [-0.1, -0.05) is 29.8 Å². The Labute approximate surface area is 133 Å². The lowest BCUT2D eigenvalue weighted by Crippen LogP contribution is -2.18. The monoisotopic (exact) mass is 315 g/mol. The zero-order chi connectivity index (χ0) is 15.7. The number of hydrogen-bond donors (Lipinski definition) is 1. The van der Waals surface area contributed by atoms with E-state index in [9.17, 15) is 4.39 Å². The SMILES string of the molecule is Cc1ccc2c(c1C)C(Nc1cccc(Cl)c1F)=NC=NC2. The summed E-state index contributed by atoms with van der Waals surface area (Å²) in [6.07, 6.45) is 1.50. The fraction of sp³-hybridized carbons (Fsp3) is 0.176. The van der Waals surface area contributed by atoms with E-state index < -0.39 is 5.82 Å². The Kier molecular flexibility index (Phi) is 3.94. The Hall–Kier alpha value is -2.20. The highest BCUT2D eigenvalue weighted by atomic mass is 35.5. The topological polar surface area (TPSA) is 36.8 Å². The highest BCUT2D eigenvalue weighted by molar-refractivity contribution is 6.31. The Balaban J connectivity index is 2.09. The van der Waals surface area contributed by atoms with Gasteiger partial charge in [0.15, 0.2) is 5.82 Å². The number of aryl methyl sites for hydroxylation is 1. The Morgan fingerprint density at radius 1 is 1.18 bits per heavy atom. The van der Waals surface area contributed by atoms with Gasteiger partial charge >= 0.3 is 0 Å². The number of nitrogens with zero attached hydrogens (tertiary/aromatic N) is 2. The average Bonchev–Trinajstić information content (AvgIpc) is 2.70. The summed E-state index contributed by atoms with van der Waals surface area (Å²) in [5, 5.41) is 3.13. The number of rotatable bonds is 1. The summed E-state index contributed by atoms with van der Waals surface area (Å²) in [6, 6.07) is 8.94. The van der Waals surface area contributed by atoms with E-state index >= 15 is 0 Å². The van der Waals surface area contributed by atoms with Crippen molar-refractivity contribution in [3.8, 4) is 0 Å². The molecule has 1 aliphatic rings. The Bertz CT molecular complexity index is 797. The fourth-order valence-corrected chi connectivity index (χ4v) is 2.63. The number of benzene rings is 2. The number of fused-ring (bicyclic) bond motifs is 1. The Morgan fingerprint density at radius 2 is 2.00 bits per heavy atom. The van der Waals surface area contributed by atoms with Crippen LogP contribution < -0.4 is 5.32 Å². The van der Waals surface area contributed by atoms with Gasteiger partial charge in [-0.2, -0.15) is 0 Å². The molecule has 2 aromatic carbocycles. The van der Waals surface area contributed by atoms with Gasteiger partial charge in [-0.25, -0.2) is 9.38 Å². The van der Waals surface area contributed by atoms with Crippen molar-refractivity contribution in [3.05, 3.63) is 63.4 Å². The summed E-state index contributed by atoms with van der Waals surface area (Å²) in [5.41, 5.74) is 4.59. The first kappa shape index (κ1) is 14.7. The molecule has 0 unspecified atom stereocenters. The van der Waals surface area contributed by atoms with Crippen LogP contribution in [0.4, 0.5) is 10.1 Å². The summed E-state index contributed by atoms with van der Waals surface area (Å²) in [6.45, 7) is 4.63. The number of aliphatic imine (C=N–C) groups is 2. The molecule has 0 amide bonds. The third-order valence-electron chi connectivity index (χ3n) is 3.79. The summed E-state index contributed by atoms with van der Waals surface area (Å²) in [5.74, 6) is 0.0959. The second-order valence-corrected chi connectivity index (χ2v) is 5.61. The first-order valence-electron chi connectivity index (χ1n) is 6.94. The summed E-state index contributed by atoms with van der Waals surface area (Å²) in [4.78, 5) is 8.58. The zero-order valence-electron chi connectivity index (χ0n) is 12.3. The van der Waals surface area contributed by atoms with Gasteiger partial charge in [0.25, 0.3) is 0 Å². The van der Waals surface area contributed by atoms with Crippen molar-refractivity contribution in [3.63, 3.8) is 0 Å². The molecule has 1 heterocycles. The minimum atomic E-state index is -0.486. The van der Waals surface area contributed by atoms with Crippen LogP contribution >= 0.6 is 11.6 Å². The maximum atomic E-state index is 14.1. The zero-order valence-corrected chi connectivity index (χ0v) is 13.1. The molecule has 0 spiro atoms. The molecule has 0 atom stereocenters. The van der Waals surface area contributed by atoms with E-state index in [0.717, 1.165) is 22.3 Å². The molecule has 0 saturated carbocycles. The molecule has 1 aliphatic heterocycles. The number of hydrogen-bond acceptors (Lipinski definition) is 3. The minimum Gasteiger partial charge on any atom is -0.337 e. The lowest BCUT2D eigenvalue weighted by Gasteiger charge is -2.16. The molecule has 22 heavy (non-hydrogen) atoms. The van der Waals surface area contributed by atoms with Crippen LogP contribution in [0.15, 0.2) is 40.3 Å². The molecule has 2 aromatic rings. The van der Waals surface area contributed by atoms with Gasteiger partial charge in [-0.05, 0) is 42.7 Å². The molecule has 3 rings (SSSR count). The van der Waals surface area contributed by atoms with Gasteiger partial charge in [0, 0.05) is 5.56 Å². The van der Waals surface area contributed by atoms with E-state index in [1.54, 1.807) is 12.1 Å². The van der Waals surface area contributed by atoms with E-state index in [-0.39, 0.29) is 5.02 Å². The van der Waals surface area contributed by atoms with Crippen molar-refractivity contribution < 1.29 is 4.39 Å². The molecule has 0 saturated heterocycles. The lowest BCUT2D eigenvalue weighted by molar-refractivity contribution is 0.632. The average molecular weight is 316 g/mol. The van der Waals surface area contributed by atoms with E-state index in [2.05, 4.69) is 21.4 Å². The van der Waals surface area contributed by atoms with Gasteiger partial charge in [0.1, 0.15) is 12.2 Å². The number of anilines is 1. The molecule has 1 N–H and O–H groups in total. The van der Waals surface area contributed by atoms with Crippen LogP contribution in [0.3, 0.4) is 0 Å². The standard InChI is InChI=1S/C17H15ClFN3/c1-10-6-7-12-8-20-9-21-17(15(12)11(10)2)22-14-5-3-4-13(18)16(14)19/h3-7,9H,8H2,1-2H3,(H,20,21,22). The van der Waals surface area contributed by atoms with Gasteiger partial charge < -0.3 is 5.32 Å². The Morgan fingerprint density at radius 3 is 2.82 bits per heavy atom. The van der Waals surface area contributed by atoms with Crippen LogP contribution in [0.1, 0.15) is 22.3 Å². The number of nitrogens with one attached hydrogen (secondary N) is 1. The van der Waals surface area contributed by atoms with Crippen molar-refractivity contribution in [2.75, 3.05) is 5.32 Å². The summed E-state index contributed by atoms with van der Waals surface area (Å²) in [7, 11) is 0. The van der Waals surface area contributed by atoms with Crippen LogP contribution in [-0.2, 0) is 6.54 Å². The van der Waals surface area contributed by atoms with Crippen LogP contribution in [0, 0.1) is 19.7 Å². The predicted octanol–water partition coefficient (Wildman–Crippen LogP) is 4.50. The molecule has 3 nitrogen and oxygen atoms in total. The highest BCUT2D eigenvalue weighted by Gasteiger charge is 2.17. The largest absolute Gasteiger partial charge is 0.337 e. The third-order valence-corrected chi connectivity index (χ3v) is 4.09. The molecule has 5 heteroatoms. The molecule has 0 aromatic heterocycles. The van der Waals surface area contributed by atoms with Crippen LogP contribution in [-0.4, -0.2) is 12.2 Å². The van der Waals surface area contributed by atoms with E-state index in [1.165, 1.54) is 12.4 Å². The normalized spacial score (nSPS) is 13.4. The number of amidine groups is 1. The van der Waals surface area contributed by atoms with Crippen LogP contribution in [0.2, 0.25) is 5.02 Å². The van der Waals surface area contributed by atoms with Crippen molar-refractivity contribution in [1.29, 1.82) is 0 Å². The fourth-order valence-electron chi connectivity index (χ4n) is 2.46. The number of halogens is 2. The van der Waals surface area contributed by atoms with Gasteiger partial charge in [0.05, 0.1) is 17.3 Å².